The Balaban J connectivity index is 1.79. The summed E-state index contributed by atoms with van der Waals surface area (Å²) in [4.78, 5) is 25.0. The fourth-order valence-electron chi connectivity index (χ4n) is 2.84. The first-order valence-corrected chi connectivity index (χ1v) is 9.33. The standard InChI is InChI=1S/C20H11Br2NO3/c21-13-8-12-9-15(20(25)26-18(12)16(22)10-13)19(24)23-17-7-3-5-11-4-1-2-6-14(11)17/h1-10H,(H,23,24). The van der Waals surface area contributed by atoms with Crippen LogP contribution in [0.1, 0.15) is 10.4 Å². The van der Waals surface area contributed by atoms with Crippen molar-refractivity contribution in [2.75, 3.05) is 5.32 Å². The molecule has 3 aromatic carbocycles. The molecule has 4 aromatic rings. The van der Waals surface area contributed by atoms with Crippen molar-refractivity contribution in [1.82, 2.24) is 0 Å². The number of hydrogen-bond donors (Lipinski definition) is 1. The zero-order valence-corrected chi connectivity index (χ0v) is 16.4. The van der Waals surface area contributed by atoms with E-state index < -0.39 is 11.5 Å². The van der Waals surface area contributed by atoms with Gasteiger partial charge in [0.25, 0.3) is 5.91 Å². The van der Waals surface area contributed by atoms with Crippen LogP contribution >= 0.6 is 31.9 Å². The Labute approximate surface area is 165 Å². The van der Waals surface area contributed by atoms with Crippen LogP contribution in [-0.4, -0.2) is 5.91 Å². The third-order valence-corrected chi connectivity index (χ3v) is 5.08. The third-order valence-electron chi connectivity index (χ3n) is 4.03. The predicted octanol–water partition coefficient (Wildman–Crippen LogP) is 5.72. The molecule has 0 aliphatic rings. The third kappa shape index (κ3) is 3.06. The fraction of sp³-hybridized carbons (Fsp3) is 0. The summed E-state index contributed by atoms with van der Waals surface area (Å²) in [6.07, 6.45) is 0. The van der Waals surface area contributed by atoms with Crippen LogP contribution in [0, 0.1) is 0 Å². The van der Waals surface area contributed by atoms with Crippen molar-refractivity contribution in [3.8, 4) is 0 Å². The number of anilines is 1. The van der Waals surface area contributed by atoms with Crippen molar-refractivity contribution in [3.05, 3.63) is 85.6 Å². The van der Waals surface area contributed by atoms with Crippen molar-refractivity contribution in [3.63, 3.8) is 0 Å². The number of rotatable bonds is 2. The molecule has 0 aliphatic carbocycles. The summed E-state index contributed by atoms with van der Waals surface area (Å²) in [7, 11) is 0. The zero-order valence-electron chi connectivity index (χ0n) is 13.3. The van der Waals surface area contributed by atoms with Crippen LogP contribution in [0.2, 0.25) is 0 Å². The van der Waals surface area contributed by atoms with Gasteiger partial charge < -0.3 is 9.73 Å². The van der Waals surface area contributed by atoms with Crippen LogP contribution in [0.4, 0.5) is 5.69 Å². The number of amides is 1. The molecule has 0 saturated heterocycles. The molecule has 0 radical (unpaired) electrons. The Hall–Kier alpha value is -2.44. The van der Waals surface area contributed by atoms with Gasteiger partial charge in [-0.15, -0.1) is 0 Å². The van der Waals surface area contributed by atoms with Gasteiger partial charge in [0.05, 0.1) is 4.47 Å². The van der Waals surface area contributed by atoms with Gasteiger partial charge >= 0.3 is 5.63 Å². The molecule has 1 aromatic heterocycles. The lowest BCUT2D eigenvalue weighted by Gasteiger charge is -2.09. The molecule has 0 unspecified atom stereocenters. The van der Waals surface area contributed by atoms with Gasteiger partial charge in [0, 0.05) is 20.9 Å². The molecular formula is C20H11Br2NO3. The maximum Gasteiger partial charge on any atom is 0.349 e. The van der Waals surface area contributed by atoms with Gasteiger partial charge in [-0.3, -0.25) is 4.79 Å². The second-order valence-electron chi connectivity index (χ2n) is 5.73. The molecule has 0 saturated carbocycles. The molecule has 26 heavy (non-hydrogen) atoms. The zero-order chi connectivity index (χ0) is 18.3. The van der Waals surface area contributed by atoms with Crippen molar-refractivity contribution < 1.29 is 9.21 Å². The Morgan fingerprint density at radius 3 is 2.54 bits per heavy atom. The van der Waals surface area contributed by atoms with Gasteiger partial charge in [-0.25, -0.2) is 4.79 Å². The second-order valence-corrected chi connectivity index (χ2v) is 7.50. The average Bonchev–Trinajstić information content (AvgIpc) is 2.62. The number of carbonyl (C=O) groups excluding carboxylic acids is 1. The maximum atomic E-state index is 12.7. The number of hydrogen-bond acceptors (Lipinski definition) is 3. The van der Waals surface area contributed by atoms with Crippen LogP contribution in [0.25, 0.3) is 21.7 Å². The lowest BCUT2D eigenvalue weighted by Crippen LogP contribution is -2.20. The van der Waals surface area contributed by atoms with E-state index in [0.29, 0.717) is 21.1 Å². The lowest BCUT2D eigenvalue weighted by atomic mass is 10.1. The molecular weight excluding hydrogens is 462 g/mol. The van der Waals surface area contributed by atoms with E-state index in [2.05, 4.69) is 37.2 Å². The number of fused-ring (bicyclic) bond motifs is 2. The minimum atomic E-state index is -0.682. The second kappa shape index (κ2) is 6.70. The van der Waals surface area contributed by atoms with Gasteiger partial charge in [0.1, 0.15) is 5.56 Å². The van der Waals surface area contributed by atoms with Crippen molar-refractivity contribution >= 4 is 65.2 Å². The van der Waals surface area contributed by atoms with Gasteiger partial charge in [-0.05, 0) is 45.6 Å². The number of carbonyl (C=O) groups is 1. The molecule has 4 nitrogen and oxygen atoms in total. The van der Waals surface area contributed by atoms with Crippen LogP contribution in [0.5, 0.6) is 0 Å². The van der Waals surface area contributed by atoms with E-state index in [-0.39, 0.29) is 5.56 Å². The quantitative estimate of drug-likeness (QED) is 0.379. The van der Waals surface area contributed by atoms with E-state index in [9.17, 15) is 9.59 Å². The first-order valence-electron chi connectivity index (χ1n) is 7.75. The van der Waals surface area contributed by atoms with E-state index in [0.717, 1.165) is 15.2 Å². The minimum absolute atomic E-state index is 0.0459. The highest BCUT2D eigenvalue weighted by Crippen LogP contribution is 2.28. The molecule has 0 aliphatic heterocycles. The van der Waals surface area contributed by atoms with E-state index >= 15 is 0 Å². The van der Waals surface area contributed by atoms with Crippen molar-refractivity contribution in [1.29, 1.82) is 0 Å². The number of halogens is 2. The lowest BCUT2D eigenvalue weighted by molar-refractivity contribution is 0.102. The molecule has 0 spiro atoms. The molecule has 1 heterocycles. The largest absolute Gasteiger partial charge is 0.421 e. The summed E-state index contributed by atoms with van der Waals surface area (Å²) < 4.78 is 6.79. The minimum Gasteiger partial charge on any atom is -0.421 e. The molecule has 6 heteroatoms. The molecule has 0 fully saturated rings. The molecule has 0 atom stereocenters. The first kappa shape index (κ1) is 17.0. The summed E-state index contributed by atoms with van der Waals surface area (Å²) in [5.74, 6) is -0.506. The predicted molar refractivity (Wildman–Crippen MR) is 110 cm³/mol. The van der Waals surface area contributed by atoms with E-state index in [1.807, 2.05) is 36.4 Å². The summed E-state index contributed by atoms with van der Waals surface area (Å²) >= 11 is 6.76. The van der Waals surface area contributed by atoms with E-state index in [1.54, 1.807) is 18.2 Å². The fourth-order valence-corrected chi connectivity index (χ4v) is 4.18. The van der Waals surface area contributed by atoms with E-state index in [4.69, 9.17) is 4.42 Å². The number of nitrogens with one attached hydrogen (secondary N) is 1. The molecule has 128 valence electrons. The Morgan fingerprint density at radius 2 is 1.69 bits per heavy atom. The van der Waals surface area contributed by atoms with Gasteiger partial charge in [0.15, 0.2) is 5.58 Å². The van der Waals surface area contributed by atoms with Crippen LogP contribution in [0.15, 0.2) is 78.8 Å². The summed E-state index contributed by atoms with van der Waals surface area (Å²) in [6, 6.07) is 18.4. The van der Waals surface area contributed by atoms with Gasteiger partial charge in [-0.1, -0.05) is 52.3 Å². The summed E-state index contributed by atoms with van der Waals surface area (Å²) in [6.45, 7) is 0. The van der Waals surface area contributed by atoms with Gasteiger partial charge in [0.2, 0.25) is 0 Å². The highest BCUT2D eigenvalue weighted by molar-refractivity contribution is 9.11. The Morgan fingerprint density at radius 1 is 0.923 bits per heavy atom. The van der Waals surface area contributed by atoms with E-state index in [1.165, 1.54) is 6.07 Å². The SMILES string of the molecule is O=C(Nc1cccc2ccccc12)c1cc2cc(Br)cc(Br)c2oc1=O. The topological polar surface area (TPSA) is 59.3 Å². The monoisotopic (exact) mass is 471 g/mol. The first-order chi connectivity index (χ1) is 12.5. The molecule has 1 amide bonds. The highest BCUT2D eigenvalue weighted by Gasteiger charge is 2.16. The van der Waals surface area contributed by atoms with Crippen molar-refractivity contribution in [2.45, 2.75) is 0 Å². The van der Waals surface area contributed by atoms with Crippen molar-refractivity contribution in [2.24, 2.45) is 0 Å². The van der Waals surface area contributed by atoms with Crippen LogP contribution < -0.4 is 10.9 Å². The Kier molecular flexibility index (Phi) is 4.38. The maximum absolute atomic E-state index is 12.7. The smallest absolute Gasteiger partial charge is 0.349 e. The average molecular weight is 473 g/mol. The molecule has 4 rings (SSSR count). The summed E-state index contributed by atoms with van der Waals surface area (Å²) in [5, 5.41) is 5.37. The molecule has 0 bridgehead atoms. The van der Waals surface area contributed by atoms with Crippen LogP contribution in [-0.2, 0) is 0 Å². The van der Waals surface area contributed by atoms with Gasteiger partial charge in [-0.2, -0.15) is 0 Å². The van der Waals surface area contributed by atoms with Crippen LogP contribution in [0.3, 0.4) is 0 Å². The Bertz CT molecular complexity index is 1230. The summed E-state index contributed by atoms with van der Waals surface area (Å²) in [5.41, 5.74) is 0.316. The number of benzene rings is 3. The molecule has 1 N–H and O–H groups in total. The normalized spacial score (nSPS) is 11.0. The highest BCUT2D eigenvalue weighted by atomic mass is 79.9.